The molecule has 0 amide bonds. The van der Waals surface area contributed by atoms with Crippen molar-refractivity contribution in [3.05, 3.63) is 69.7 Å². The Bertz CT molecular complexity index is 533. The third kappa shape index (κ3) is 3.94. The third-order valence-corrected chi connectivity index (χ3v) is 4.40. The molecule has 1 unspecified atom stereocenters. The Kier molecular flexibility index (Phi) is 5.81. The van der Waals surface area contributed by atoms with E-state index in [1.807, 2.05) is 0 Å². The zero-order chi connectivity index (χ0) is 14.4. The van der Waals surface area contributed by atoms with E-state index in [9.17, 15) is 0 Å². The summed E-state index contributed by atoms with van der Waals surface area (Å²) in [6.45, 7) is 5.33. The molecule has 1 N–H and O–H groups in total. The van der Waals surface area contributed by atoms with E-state index in [4.69, 9.17) is 0 Å². The summed E-state index contributed by atoms with van der Waals surface area (Å²) in [7, 11) is 0. The minimum Gasteiger partial charge on any atom is -0.310 e. The van der Waals surface area contributed by atoms with Crippen LogP contribution in [0.1, 0.15) is 36.6 Å². The Balaban J connectivity index is 2.19. The third-order valence-electron chi connectivity index (χ3n) is 3.62. The topological polar surface area (TPSA) is 12.0 Å². The first kappa shape index (κ1) is 15.3. The number of hydrogen-bond donors (Lipinski definition) is 1. The van der Waals surface area contributed by atoms with Crippen molar-refractivity contribution >= 4 is 15.9 Å². The fourth-order valence-electron chi connectivity index (χ4n) is 2.42. The van der Waals surface area contributed by atoms with Crippen molar-refractivity contribution < 1.29 is 0 Å². The summed E-state index contributed by atoms with van der Waals surface area (Å²) in [5.74, 6) is 0. The molecular weight excluding hydrogens is 310 g/mol. The number of rotatable bonds is 6. The van der Waals surface area contributed by atoms with Crippen molar-refractivity contribution in [1.82, 2.24) is 5.32 Å². The predicted molar refractivity (Wildman–Crippen MR) is 90.1 cm³/mol. The first-order chi connectivity index (χ1) is 9.74. The molecule has 0 saturated heterocycles. The molecule has 0 aliphatic rings. The van der Waals surface area contributed by atoms with Crippen molar-refractivity contribution in [2.45, 2.75) is 32.7 Å². The second kappa shape index (κ2) is 7.61. The number of likely N-dealkylation sites (N-methyl/N-ethyl adjacent to an activating group) is 1. The maximum Gasteiger partial charge on any atom is 0.0361 e. The standard InChI is InChI=1S/C18H22BrN/c1-3-14-9-11-15(12-10-14)18(20-4-2)13-16-7-5-6-8-17(16)19/h5-12,18,20H,3-4,13H2,1-2H3. The van der Waals surface area contributed by atoms with Crippen molar-refractivity contribution in [2.75, 3.05) is 6.54 Å². The maximum absolute atomic E-state index is 3.64. The molecule has 0 heterocycles. The van der Waals surface area contributed by atoms with Gasteiger partial charge in [0.2, 0.25) is 0 Å². The van der Waals surface area contributed by atoms with Crippen LogP contribution < -0.4 is 5.32 Å². The van der Waals surface area contributed by atoms with Gasteiger partial charge >= 0.3 is 0 Å². The highest BCUT2D eigenvalue weighted by Crippen LogP contribution is 2.24. The van der Waals surface area contributed by atoms with Gasteiger partial charge in [0.05, 0.1) is 0 Å². The fraction of sp³-hybridized carbons (Fsp3) is 0.333. The SMILES string of the molecule is CCNC(Cc1ccccc1Br)c1ccc(CC)cc1. The first-order valence-corrected chi connectivity index (χ1v) is 8.09. The van der Waals surface area contributed by atoms with Gasteiger partial charge in [-0.1, -0.05) is 72.2 Å². The summed E-state index contributed by atoms with van der Waals surface area (Å²) in [5.41, 5.74) is 4.10. The second-order valence-electron chi connectivity index (χ2n) is 5.00. The van der Waals surface area contributed by atoms with E-state index in [0.29, 0.717) is 6.04 Å². The molecule has 0 bridgehead atoms. The predicted octanol–water partition coefficient (Wildman–Crippen LogP) is 4.90. The van der Waals surface area contributed by atoms with Crippen molar-refractivity contribution in [3.8, 4) is 0 Å². The van der Waals surface area contributed by atoms with E-state index in [1.165, 1.54) is 21.2 Å². The number of halogens is 1. The lowest BCUT2D eigenvalue weighted by Gasteiger charge is -2.19. The average Bonchev–Trinajstić information content (AvgIpc) is 2.49. The Morgan fingerprint density at radius 1 is 1.00 bits per heavy atom. The average molecular weight is 332 g/mol. The van der Waals surface area contributed by atoms with Crippen LogP contribution in [0.3, 0.4) is 0 Å². The van der Waals surface area contributed by atoms with Gasteiger partial charge in [-0.3, -0.25) is 0 Å². The summed E-state index contributed by atoms with van der Waals surface area (Å²) in [6.07, 6.45) is 2.09. The second-order valence-corrected chi connectivity index (χ2v) is 5.86. The summed E-state index contributed by atoms with van der Waals surface area (Å²) < 4.78 is 1.19. The van der Waals surface area contributed by atoms with Crippen LogP contribution in [-0.2, 0) is 12.8 Å². The van der Waals surface area contributed by atoms with Gasteiger partial charge in [0, 0.05) is 10.5 Å². The molecule has 0 radical (unpaired) electrons. The smallest absolute Gasteiger partial charge is 0.0361 e. The monoisotopic (exact) mass is 331 g/mol. The lowest BCUT2D eigenvalue weighted by atomic mass is 9.97. The van der Waals surface area contributed by atoms with Crippen LogP contribution in [0.5, 0.6) is 0 Å². The lowest BCUT2D eigenvalue weighted by molar-refractivity contribution is 0.549. The molecule has 0 aliphatic heterocycles. The number of aryl methyl sites for hydroxylation is 1. The van der Waals surface area contributed by atoms with Crippen LogP contribution >= 0.6 is 15.9 Å². The number of hydrogen-bond acceptors (Lipinski definition) is 1. The van der Waals surface area contributed by atoms with E-state index in [2.05, 4.69) is 83.6 Å². The van der Waals surface area contributed by atoms with E-state index < -0.39 is 0 Å². The molecule has 1 atom stereocenters. The van der Waals surface area contributed by atoms with E-state index in [-0.39, 0.29) is 0 Å². The Labute approximate surface area is 130 Å². The largest absolute Gasteiger partial charge is 0.310 e. The molecule has 2 aromatic rings. The van der Waals surface area contributed by atoms with Gasteiger partial charge < -0.3 is 5.32 Å². The number of nitrogens with one attached hydrogen (secondary N) is 1. The lowest BCUT2D eigenvalue weighted by Crippen LogP contribution is -2.23. The first-order valence-electron chi connectivity index (χ1n) is 7.30. The molecule has 0 aliphatic carbocycles. The molecule has 0 fully saturated rings. The highest BCUT2D eigenvalue weighted by Gasteiger charge is 2.12. The Morgan fingerprint density at radius 3 is 2.30 bits per heavy atom. The highest BCUT2D eigenvalue weighted by molar-refractivity contribution is 9.10. The molecular formula is C18H22BrN. The summed E-state index contributed by atoms with van der Waals surface area (Å²) in [6, 6.07) is 17.8. The van der Waals surface area contributed by atoms with Crippen LogP contribution in [0.25, 0.3) is 0 Å². The molecule has 1 nitrogen and oxygen atoms in total. The van der Waals surface area contributed by atoms with Crippen molar-refractivity contribution in [1.29, 1.82) is 0 Å². The Hall–Kier alpha value is -1.12. The zero-order valence-electron chi connectivity index (χ0n) is 12.2. The molecule has 2 rings (SSSR count). The molecule has 0 spiro atoms. The minimum absolute atomic E-state index is 0.365. The van der Waals surface area contributed by atoms with E-state index in [0.717, 1.165) is 19.4 Å². The molecule has 0 aromatic heterocycles. The van der Waals surface area contributed by atoms with Crippen LogP contribution in [0.15, 0.2) is 53.0 Å². The maximum atomic E-state index is 3.64. The van der Waals surface area contributed by atoms with Gasteiger partial charge in [0.25, 0.3) is 0 Å². The van der Waals surface area contributed by atoms with E-state index in [1.54, 1.807) is 0 Å². The Morgan fingerprint density at radius 2 is 1.70 bits per heavy atom. The van der Waals surface area contributed by atoms with Crippen molar-refractivity contribution in [3.63, 3.8) is 0 Å². The van der Waals surface area contributed by atoms with Crippen molar-refractivity contribution in [2.24, 2.45) is 0 Å². The molecule has 2 aromatic carbocycles. The fourth-order valence-corrected chi connectivity index (χ4v) is 2.87. The minimum atomic E-state index is 0.365. The molecule has 20 heavy (non-hydrogen) atoms. The summed E-state index contributed by atoms with van der Waals surface area (Å²) >= 11 is 3.64. The van der Waals surface area contributed by atoms with Gasteiger partial charge in [0.15, 0.2) is 0 Å². The summed E-state index contributed by atoms with van der Waals surface area (Å²) in [4.78, 5) is 0. The van der Waals surface area contributed by atoms with E-state index >= 15 is 0 Å². The van der Waals surface area contributed by atoms with Gasteiger partial charge in [-0.05, 0) is 42.1 Å². The summed E-state index contributed by atoms with van der Waals surface area (Å²) in [5, 5.41) is 3.59. The molecule has 0 saturated carbocycles. The number of benzene rings is 2. The molecule has 2 heteroatoms. The quantitative estimate of drug-likeness (QED) is 0.793. The zero-order valence-corrected chi connectivity index (χ0v) is 13.8. The van der Waals surface area contributed by atoms with Gasteiger partial charge in [-0.15, -0.1) is 0 Å². The van der Waals surface area contributed by atoms with Crippen LogP contribution in [0.2, 0.25) is 0 Å². The normalized spacial score (nSPS) is 12.3. The van der Waals surface area contributed by atoms with Gasteiger partial charge in [0.1, 0.15) is 0 Å². The van der Waals surface area contributed by atoms with Gasteiger partial charge in [-0.25, -0.2) is 0 Å². The van der Waals surface area contributed by atoms with Crippen LogP contribution in [0, 0.1) is 0 Å². The molecule has 106 valence electrons. The highest BCUT2D eigenvalue weighted by atomic mass is 79.9. The van der Waals surface area contributed by atoms with Gasteiger partial charge in [-0.2, -0.15) is 0 Å². The van der Waals surface area contributed by atoms with Crippen LogP contribution in [0.4, 0.5) is 0 Å². The van der Waals surface area contributed by atoms with Crippen LogP contribution in [-0.4, -0.2) is 6.54 Å².